The maximum Gasteiger partial charge on any atom is 0.294 e. The molecule has 0 aliphatic carbocycles. The Morgan fingerprint density at radius 1 is 1.05 bits per heavy atom. The van der Waals surface area contributed by atoms with Crippen molar-refractivity contribution in [3.63, 3.8) is 0 Å². The van der Waals surface area contributed by atoms with Crippen LogP contribution in [0, 0.1) is 5.92 Å². The molecule has 3 fully saturated rings. The average Bonchev–Trinajstić information content (AvgIpc) is 3.57. The lowest BCUT2D eigenvalue weighted by atomic mass is 9.92. The molecule has 19 heteroatoms. The van der Waals surface area contributed by atoms with Gasteiger partial charge >= 0.3 is 0 Å². The van der Waals surface area contributed by atoms with Crippen LogP contribution in [0.15, 0.2) is 47.5 Å². The number of aromatic nitrogens is 6. The van der Waals surface area contributed by atoms with E-state index in [0.29, 0.717) is 66.5 Å². The highest BCUT2D eigenvalue weighted by molar-refractivity contribution is 6.33. The van der Waals surface area contributed by atoms with Crippen LogP contribution >= 0.6 is 11.6 Å². The largest absolute Gasteiger partial charge is 0.478 e. The Morgan fingerprint density at radius 2 is 1.85 bits per heavy atom. The summed E-state index contributed by atoms with van der Waals surface area (Å²) in [6, 6.07) is 9.17. The van der Waals surface area contributed by atoms with Crippen LogP contribution < -0.4 is 36.0 Å². The van der Waals surface area contributed by atoms with Crippen molar-refractivity contribution < 1.29 is 23.5 Å². The Morgan fingerprint density at radius 3 is 2.58 bits per heavy atom. The molecule has 3 saturated heterocycles. The number of carbonyl (C=O) groups is 3. The summed E-state index contributed by atoms with van der Waals surface area (Å²) < 4.78 is 24.9. The number of hydrogen-bond acceptors (Lipinski definition) is 13. The molecule has 316 valence electrons. The standard InChI is InChI=1S/C41H48ClFN12O5/c1-23(2)55-38-25(17-32(40(55)59)60-22-34(57)44-3)16-26(18-45-38)47-37-29(42)19-46-41(49-37)54-11-10-24(30(43)21-54)20-52-12-14-53(15-13-52)31-7-5-6-27-35(50-51(4)36(27)31)28-8-9-33(56)48-39(28)58/h5-7,16-19,23-24,28,30H,8-15,20-22H2,1-4H3,(H,44,57)(H,46,47,49)(H,48,56,58)/t24-,28+,30+/m0/s1. The molecule has 1 aromatic carbocycles. The van der Waals surface area contributed by atoms with Gasteiger partial charge in [-0.05, 0) is 44.9 Å². The number of piperidine rings is 2. The van der Waals surface area contributed by atoms with Gasteiger partial charge in [0.05, 0.1) is 47.4 Å². The molecule has 17 nitrogen and oxygen atoms in total. The van der Waals surface area contributed by atoms with E-state index in [1.54, 1.807) is 18.3 Å². The van der Waals surface area contributed by atoms with Crippen LogP contribution in [-0.2, 0) is 21.4 Å². The normalized spacial score (nSPS) is 20.2. The van der Waals surface area contributed by atoms with Crippen LogP contribution in [-0.4, -0.2) is 118 Å². The zero-order valence-corrected chi connectivity index (χ0v) is 34.7. The van der Waals surface area contributed by atoms with Gasteiger partial charge < -0.3 is 25.2 Å². The number of piperazine rings is 1. The Hall–Kier alpha value is -5.88. The zero-order chi connectivity index (χ0) is 42.2. The number of nitrogens with zero attached hydrogens (tertiary/aromatic N) is 9. The molecule has 3 atom stereocenters. The first-order valence-corrected chi connectivity index (χ1v) is 20.6. The third-order valence-electron chi connectivity index (χ3n) is 11.6. The van der Waals surface area contributed by atoms with E-state index in [2.05, 4.69) is 46.8 Å². The number of nitrogens with one attached hydrogen (secondary N) is 3. The molecule has 3 aliphatic rings. The Bertz CT molecular complexity index is 2520. The smallest absolute Gasteiger partial charge is 0.294 e. The van der Waals surface area contributed by atoms with Crippen molar-refractivity contribution >= 4 is 74.4 Å². The number of alkyl halides is 1. The van der Waals surface area contributed by atoms with Gasteiger partial charge in [0.25, 0.3) is 11.5 Å². The third kappa shape index (κ3) is 8.17. The number of hydrogen-bond donors (Lipinski definition) is 3. The maximum absolute atomic E-state index is 16.0. The van der Waals surface area contributed by atoms with Crippen molar-refractivity contribution in [2.75, 3.05) is 74.6 Å². The fourth-order valence-corrected chi connectivity index (χ4v) is 8.59. The van der Waals surface area contributed by atoms with Crippen molar-refractivity contribution in [2.24, 2.45) is 13.0 Å². The molecule has 0 bridgehead atoms. The van der Waals surface area contributed by atoms with Crippen molar-refractivity contribution in [1.29, 1.82) is 0 Å². The number of imide groups is 1. The average molecular weight is 843 g/mol. The van der Waals surface area contributed by atoms with Gasteiger partial charge in [-0.2, -0.15) is 10.1 Å². The number of halogens is 2. The van der Waals surface area contributed by atoms with Crippen LogP contribution in [0.1, 0.15) is 50.8 Å². The number of rotatable bonds is 11. The van der Waals surface area contributed by atoms with Gasteiger partial charge in [0.15, 0.2) is 18.2 Å². The number of likely N-dealkylation sites (N-methyl/N-ethyl adjacent to an activating group) is 1. The van der Waals surface area contributed by atoms with Gasteiger partial charge in [0, 0.05) is 82.5 Å². The van der Waals surface area contributed by atoms with Crippen molar-refractivity contribution in [2.45, 2.75) is 51.2 Å². The number of anilines is 4. The van der Waals surface area contributed by atoms with Gasteiger partial charge in [-0.1, -0.05) is 23.7 Å². The van der Waals surface area contributed by atoms with E-state index in [4.69, 9.17) is 21.4 Å². The molecule has 8 rings (SSSR count). The van der Waals surface area contributed by atoms with E-state index in [1.165, 1.54) is 17.8 Å². The Balaban J connectivity index is 0.895. The highest BCUT2D eigenvalue weighted by atomic mass is 35.5. The highest BCUT2D eigenvalue weighted by Gasteiger charge is 2.35. The number of fused-ring (bicyclic) bond motifs is 2. The van der Waals surface area contributed by atoms with E-state index in [1.807, 2.05) is 42.6 Å². The van der Waals surface area contributed by atoms with Crippen LogP contribution in [0.3, 0.4) is 0 Å². The monoisotopic (exact) mass is 842 g/mol. The van der Waals surface area contributed by atoms with Crippen LogP contribution in [0.25, 0.3) is 21.9 Å². The van der Waals surface area contributed by atoms with Gasteiger partial charge in [-0.3, -0.25) is 38.6 Å². The summed E-state index contributed by atoms with van der Waals surface area (Å²) in [5, 5.41) is 14.7. The highest BCUT2D eigenvalue weighted by Crippen LogP contribution is 2.36. The molecular weight excluding hydrogens is 795 g/mol. The van der Waals surface area contributed by atoms with Crippen LogP contribution in [0.4, 0.5) is 27.5 Å². The number of aryl methyl sites for hydroxylation is 1. The maximum atomic E-state index is 16.0. The fraction of sp³-hybridized carbons (Fsp3) is 0.463. The van der Waals surface area contributed by atoms with Gasteiger partial charge in [-0.25, -0.2) is 14.4 Å². The van der Waals surface area contributed by atoms with Crippen LogP contribution in [0.5, 0.6) is 5.75 Å². The Labute approximate surface area is 350 Å². The van der Waals surface area contributed by atoms with Crippen molar-refractivity contribution in [3.8, 4) is 5.75 Å². The first-order chi connectivity index (χ1) is 28.9. The number of ether oxygens (including phenoxy) is 1. The second-order valence-electron chi connectivity index (χ2n) is 15.9. The van der Waals surface area contributed by atoms with Gasteiger partial charge in [0.2, 0.25) is 17.8 Å². The second-order valence-corrected chi connectivity index (χ2v) is 16.3. The minimum atomic E-state index is -1.09. The summed E-state index contributed by atoms with van der Waals surface area (Å²) in [5.41, 5.74) is 3.29. The van der Waals surface area contributed by atoms with Crippen molar-refractivity contribution in [3.05, 3.63) is 63.8 Å². The molecule has 0 unspecified atom stereocenters. The van der Waals surface area contributed by atoms with E-state index >= 15 is 4.39 Å². The summed E-state index contributed by atoms with van der Waals surface area (Å²) in [7, 11) is 3.38. The minimum absolute atomic E-state index is 0.0228. The third-order valence-corrected chi connectivity index (χ3v) is 11.9. The summed E-state index contributed by atoms with van der Waals surface area (Å²) in [6.07, 6.45) is 3.33. The summed E-state index contributed by atoms with van der Waals surface area (Å²) in [4.78, 5) is 69.7. The van der Waals surface area contributed by atoms with Crippen LogP contribution in [0.2, 0.25) is 5.02 Å². The molecule has 3 amide bonds. The van der Waals surface area contributed by atoms with Crippen molar-refractivity contribution in [1.82, 2.24) is 44.8 Å². The van der Waals surface area contributed by atoms with E-state index in [9.17, 15) is 19.2 Å². The quantitative estimate of drug-likeness (QED) is 0.164. The van der Waals surface area contributed by atoms with E-state index in [-0.39, 0.29) is 53.6 Å². The lowest BCUT2D eigenvalue weighted by molar-refractivity contribution is -0.134. The molecule has 7 heterocycles. The number of pyridine rings is 2. The number of carbonyl (C=O) groups excluding carboxylic acids is 3. The minimum Gasteiger partial charge on any atom is -0.478 e. The molecule has 4 aromatic heterocycles. The SMILES string of the molecule is CNC(=O)COc1cc2cc(Nc3nc(N4CC[C@@H](CN5CCN(c6cccc7c([C@H]8CCC(=O)NC8=O)nn(C)c67)CC5)[C@H](F)C4)ncc3Cl)cnc2n(C(C)C)c1=O. The molecule has 5 aromatic rings. The predicted octanol–water partition coefficient (Wildman–Crippen LogP) is 3.68. The number of benzene rings is 1. The number of para-hydroxylation sites is 1. The molecule has 0 spiro atoms. The summed E-state index contributed by atoms with van der Waals surface area (Å²) >= 11 is 6.55. The molecule has 3 N–H and O–H groups in total. The summed E-state index contributed by atoms with van der Waals surface area (Å²) in [6.45, 7) is 7.86. The first kappa shape index (κ1) is 40.9. The number of amides is 3. The lowest BCUT2D eigenvalue weighted by Crippen LogP contribution is -2.51. The summed E-state index contributed by atoms with van der Waals surface area (Å²) in [5.74, 6) is -0.834. The first-order valence-electron chi connectivity index (χ1n) is 20.2. The fourth-order valence-electron chi connectivity index (χ4n) is 8.46. The molecule has 0 radical (unpaired) electrons. The molecule has 3 aliphatic heterocycles. The lowest BCUT2D eigenvalue weighted by Gasteiger charge is -2.41. The topological polar surface area (TPSA) is 185 Å². The van der Waals surface area contributed by atoms with E-state index < -0.39 is 17.6 Å². The zero-order valence-electron chi connectivity index (χ0n) is 34.0. The van der Waals surface area contributed by atoms with Gasteiger partial charge in [-0.15, -0.1) is 0 Å². The predicted molar refractivity (Wildman–Crippen MR) is 226 cm³/mol. The second kappa shape index (κ2) is 17.0. The Kier molecular flexibility index (Phi) is 11.6. The van der Waals surface area contributed by atoms with Gasteiger partial charge in [0.1, 0.15) is 16.8 Å². The molecule has 0 saturated carbocycles. The van der Waals surface area contributed by atoms with E-state index in [0.717, 1.165) is 42.8 Å². The molecular formula is C41H48ClFN12O5. The molecule has 60 heavy (non-hydrogen) atoms.